The highest BCUT2D eigenvalue weighted by Gasteiger charge is 2.18. The van der Waals surface area contributed by atoms with Gasteiger partial charge in [-0.15, -0.1) is 0 Å². The summed E-state index contributed by atoms with van der Waals surface area (Å²) in [5.74, 6) is -0.593. The number of carbonyl (C=O) groups excluding carboxylic acids is 2. The number of nitrogens with one attached hydrogen (secondary N) is 1. The molecule has 0 saturated carbocycles. The van der Waals surface area contributed by atoms with Gasteiger partial charge < -0.3 is 10.1 Å². The van der Waals surface area contributed by atoms with Crippen LogP contribution in [0, 0.1) is 5.92 Å². The van der Waals surface area contributed by atoms with Crippen molar-refractivity contribution in [2.75, 3.05) is 7.11 Å². The molecule has 2 unspecified atom stereocenters. The number of methoxy groups -OCH3 is 1. The Hall–Kier alpha value is -1.06. The summed E-state index contributed by atoms with van der Waals surface area (Å²) in [4.78, 5) is 22.2. The van der Waals surface area contributed by atoms with Gasteiger partial charge in [0.1, 0.15) is 6.04 Å². The molecule has 0 radical (unpaired) electrons. The SMILES string of the molecule is CCC(C)C(=O)NC(C)C(=O)OC. The number of amides is 1. The second-order valence-corrected chi connectivity index (χ2v) is 3.06. The van der Waals surface area contributed by atoms with Crippen LogP contribution in [0.3, 0.4) is 0 Å². The lowest BCUT2D eigenvalue weighted by Gasteiger charge is -2.14. The summed E-state index contributed by atoms with van der Waals surface area (Å²) in [5, 5.41) is 2.57. The number of ether oxygens (including phenoxy) is 1. The maximum Gasteiger partial charge on any atom is 0.328 e. The summed E-state index contributed by atoms with van der Waals surface area (Å²) >= 11 is 0. The first-order valence-corrected chi connectivity index (χ1v) is 4.41. The smallest absolute Gasteiger partial charge is 0.328 e. The molecule has 0 spiro atoms. The third-order valence-electron chi connectivity index (χ3n) is 1.97. The molecule has 1 amide bonds. The highest BCUT2D eigenvalue weighted by molar-refractivity contribution is 5.85. The van der Waals surface area contributed by atoms with Gasteiger partial charge in [-0.2, -0.15) is 0 Å². The number of carbonyl (C=O) groups is 2. The molecule has 4 heteroatoms. The van der Waals surface area contributed by atoms with Crippen LogP contribution in [0.1, 0.15) is 27.2 Å². The maximum absolute atomic E-state index is 11.3. The molecule has 0 fully saturated rings. The van der Waals surface area contributed by atoms with E-state index in [2.05, 4.69) is 10.1 Å². The van der Waals surface area contributed by atoms with E-state index in [1.54, 1.807) is 6.92 Å². The summed E-state index contributed by atoms with van der Waals surface area (Å²) < 4.78 is 4.47. The molecule has 0 rings (SSSR count). The van der Waals surface area contributed by atoms with Gasteiger partial charge in [0.2, 0.25) is 5.91 Å². The molecule has 0 saturated heterocycles. The molecule has 0 aromatic heterocycles. The van der Waals surface area contributed by atoms with E-state index in [-0.39, 0.29) is 11.8 Å². The minimum atomic E-state index is -0.563. The van der Waals surface area contributed by atoms with Crippen LogP contribution in [0.25, 0.3) is 0 Å². The molecule has 76 valence electrons. The molecule has 0 aromatic carbocycles. The van der Waals surface area contributed by atoms with Crippen molar-refractivity contribution in [3.05, 3.63) is 0 Å². The summed E-state index contributed by atoms with van der Waals surface area (Å²) in [6, 6.07) is -0.563. The predicted molar refractivity (Wildman–Crippen MR) is 49.1 cm³/mol. The van der Waals surface area contributed by atoms with E-state index in [4.69, 9.17) is 0 Å². The van der Waals surface area contributed by atoms with Crippen LogP contribution >= 0.6 is 0 Å². The number of esters is 1. The molecule has 13 heavy (non-hydrogen) atoms. The summed E-state index contributed by atoms with van der Waals surface area (Å²) in [6.07, 6.45) is 0.764. The lowest BCUT2D eigenvalue weighted by molar-refractivity contribution is -0.145. The van der Waals surface area contributed by atoms with E-state index < -0.39 is 12.0 Å². The summed E-state index contributed by atoms with van der Waals surface area (Å²) in [7, 11) is 1.30. The van der Waals surface area contributed by atoms with Gasteiger partial charge in [-0.05, 0) is 13.3 Å². The molecular formula is C9H17NO3. The zero-order valence-corrected chi connectivity index (χ0v) is 8.59. The fourth-order valence-corrected chi connectivity index (χ4v) is 0.777. The van der Waals surface area contributed by atoms with Gasteiger partial charge in [-0.1, -0.05) is 13.8 Å². The number of rotatable bonds is 4. The van der Waals surface area contributed by atoms with E-state index >= 15 is 0 Å². The first-order chi connectivity index (χ1) is 6.02. The Kier molecular flexibility index (Phi) is 5.11. The van der Waals surface area contributed by atoms with Crippen molar-refractivity contribution in [3.63, 3.8) is 0 Å². The molecule has 0 heterocycles. The average molecular weight is 187 g/mol. The van der Waals surface area contributed by atoms with Crippen molar-refractivity contribution in [1.82, 2.24) is 5.32 Å². The summed E-state index contributed by atoms with van der Waals surface area (Å²) in [6.45, 7) is 5.35. The fourth-order valence-electron chi connectivity index (χ4n) is 0.777. The van der Waals surface area contributed by atoms with Crippen LogP contribution in [0.4, 0.5) is 0 Å². The second-order valence-electron chi connectivity index (χ2n) is 3.06. The van der Waals surface area contributed by atoms with Gasteiger partial charge in [0.15, 0.2) is 0 Å². The van der Waals surface area contributed by atoms with E-state index in [0.29, 0.717) is 0 Å². The van der Waals surface area contributed by atoms with E-state index in [1.165, 1.54) is 7.11 Å². The van der Waals surface area contributed by atoms with Gasteiger partial charge in [-0.25, -0.2) is 4.79 Å². The Morgan fingerprint density at radius 3 is 2.31 bits per heavy atom. The first kappa shape index (κ1) is 11.9. The molecule has 1 N–H and O–H groups in total. The molecule has 0 aliphatic heterocycles. The Labute approximate surface area is 78.6 Å². The fraction of sp³-hybridized carbons (Fsp3) is 0.778. The normalized spacial score (nSPS) is 14.5. The molecule has 0 aromatic rings. The zero-order valence-electron chi connectivity index (χ0n) is 8.59. The molecule has 0 aliphatic rings. The van der Waals surface area contributed by atoms with Crippen molar-refractivity contribution in [2.24, 2.45) is 5.92 Å². The van der Waals surface area contributed by atoms with Gasteiger partial charge in [0.25, 0.3) is 0 Å². The minimum Gasteiger partial charge on any atom is -0.467 e. The summed E-state index contributed by atoms with van der Waals surface area (Å²) in [5.41, 5.74) is 0. The van der Waals surface area contributed by atoms with Gasteiger partial charge in [0, 0.05) is 5.92 Å². The van der Waals surface area contributed by atoms with E-state index in [9.17, 15) is 9.59 Å². The van der Waals surface area contributed by atoms with Crippen LogP contribution in [-0.2, 0) is 14.3 Å². The van der Waals surface area contributed by atoms with Crippen LogP contribution in [0.2, 0.25) is 0 Å². The third-order valence-corrected chi connectivity index (χ3v) is 1.97. The van der Waals surface area contributed by atoms with E-state index in [1.807, 2.05) is 13.8 Å². The Morgan fingerprint density at radius 1 is 1.38 bits per heavy atom. The first-order valence-electron chi connectivity index (χ1n) is 4.41. The van der Waals surface area contributed by atoms with Crippen LogP contribution < -0.4 is 5.32 Å². The Morgan fingerprint density at radius 2 is 1.92 bits per heavy atom. The van der Waals surface area contributed by atoms with Crippen molar-refractivity contribution >= 4 is 11.9 Å². The Bertz CT molecular complexity index is 191. The number of hydrogen-bond acceptors (Lipinski definition) is 3. The molecule has 2 atom stereocenters. The van der Waals surface area contributed by atoms with E-state index in [0.717, 1.165) is 6.42 Å². The monoisotopic (exact) mass is 187 g/mol. The van der Waals surface area contributed by atoms with Crippen LogP contribution in [0.15, 0.2) is 0 Å². The molecular weight excluding hydrogens is 170 g/mol. The van der Waals surface area contributed by atoms with Crippen molar-refractivity contribution < 1.29 is 14.3 Å². The Balaban J connectivity index is 3.98. The highest BCUT2D eigenvalue weighted by Crippen LogP contribution is 2.00. The zero-order chi connectivity index (χ0) is 10.4. The molecule has 0 bridgehead atoms. The van der Waals surface area contributed by atoms with Crippen molar-refractivity contribution in [1.29, 1.82) is 0 Å². The lowest BCUT2D eigenvalue weighted by Crippen LogP contribution is -2.41. The van der Waals surface area contributed by atoms with Crippen molar-refractivity contribution in [3.8, 4) is 0 Å². The van der Waals surface area contributed by atoms with Crippen molar-refractivity contribution in [2.45, 2.75) is 33.2 Å². The van der Waals surface area contributed by atoms with Gasteiger partial charge >= 0.3 is 5.97 Å². The van der Waals surface area contributed by atoms with Crippen LogP contribution in [0.5, 0.6) is 0 Å². The van der Waals surface area contributed by atoms with Gasteiger partial charge in [0.05, 0.1) is 7.11 Å². The second kappa shape index (κ2) is 5.56. The molecule has 4 nitrogen and oxygen atoms in total. The lowest BCUT2D eigenvalue weighted by atomic mass is 10.1. The maximum atomic E-state index is 11.3. The highest BCUT2D eigenvalue weighted by atomic mass is 16.5. The quantitative estimate of drug-likeness (QED) is 0.659. The standard InChI is InChI=1S/C9H17NO3/c1-5-6(2)8(11)10-7(3)9(12)13-4/h6-7H,5H2,1-4H3,(H,10,11). The minimum absolute atomic E-state index is 0.0629. The topological polar surface area (TPSA) is 55.4 Å². The predicted octanol–water partition coefficient (Wildman–Crippen LogP) is 0.710. The third kappa shape index (κ3) is 3.92. The van der Waals surface area contributed by atoms with Gasteiger partial charge in [-0.3, -0.25) is 4.79 Å². The number of hydrogen-bond donors (Lipinski definition) is 1. The molecule has 0 aliphatic carbocycles. The average Bonchev–Trinajstić information content (AvgIpc) is 2.14. The largest absolute Gasteiger partial charge is 0.467 e. The van der Waals surface area contributed by atoms with Crippen LogP contribution in [-0.4, -0.2) is 25.0 Å².